The van der Waals surface area contributed by atoms with Crippen molar-refractivity contribution >= 4 is 0 Å². The van der Waals surface area contributed by atoms with E-state index in [4.69, 9.17) is 5.73 Å². The maximum atomic E-state index is 6.13. The van der Waals surface area contributed by atoms with Crippen LogP contribution in [0.2, 0.25) is 0 Å². The van der Waals surface area contributed by atoms with Gasteiger partial charge in [-0.25, -0.2) is 0 Å². The highest BCUT2D eigenvalue weighted by atomic mass is 15.3. The Hall–Kier alpha value is -0.870. The number of nitrogens with zero attached hydrogens (tertiary/aromatic N) is 3. The Morgan fingerprint density at radius 2 is 1.90 bits per heavy atom. The molecule has 0 aromatic carbocycles. The smallest absolute Gasteiger partial charge is 0.0538 e. The summed E-state index contributed by atoms with van der Waals surface area (Å²) in [5.41, 5.74) is 7.40. The van der Waals surface area contributed by atoms with E-state index in [0.29, 0.717) is 18.5 Å². The third-order valence-electron chi connectivity index (χ3n) is 4.10. The number of rotatable bonds is 10. The molecule has 0 aliphatic rings. The van der Waals surface area contributed by atoms with Crippen molar-refractivity contribution in [3.05, 3.63) is 18.0 Å². The Morgan fingerprint density at radius 1 is 1.24 bits per heavy atom. The van der Waals surface area contributed by atoms with Gasteiger partial charge in [-0.1, -0.05) is 34.6 Å². The second-order valence-corrected chi connectivity index (χ2v) is 6.35. The molecule has 1 aromatic rings. The third kappa shape index (κ3) is 5.11. The average Bonchev–Trinajstić information content (AvgIpc) is 2.89. The number of hydrogen-bond donors (Lipinski definition) is 1. The van der Waals surface area contributed by atoms with Gasteiger partial charge in [0.1, 0.15) is 0 Å². The zero-order valence-corrected chi connectivity index (χ0v) is 14.5. The van der Waals surface area contributed by atoms with Gasteiger partial charge in [0.25, 0.3) is 0 Å². The first kappa shape index (κ1) is 18.2. The standard InChI is InChI=1S/C17H34N4/c1-6-9-20-13-15(11-19-20)17(10-18)21(12-14(4)5)16(7-2)8-3/h11,13-14,16-17H,6-10,12,18H2,1-5H3. The summed E-state index contributed by atoms with van der Waals surface area (Å²) in [6.45, 7) is 14.0. The summed E-state index contributed by atoms with van der Waals surface area (Å²) in [7, 11) is 0. The molecular formula is C17H34N4. The van der Waals surface area contributed by atoms with Crippen molar-refractivity contribution in [2.45, 2.75) is 72.5 Å². The Labute approximate surface area is 130 Å². The monoisotopic (exact) mass is 294 g/mol. The average molecular weight is 294 g/mol. The molecule has 4 nitrogen and oxygen atoms in total. The van der Waals surface area contributed by atoms with Gasteiger partial charge in [0.2, 0.25) is 0 Å². The third-order valence-corrected chi connectivity index (χ3v) is 4.10. The Morgan fingerprint density at radius 3 is 2.38 bits per heavy atom. The lowest BCUT2D eigenvalue weighted by Crippen LogP contribution is -2.43. The normalized spacial score (nSPS) is 13.6. The Bertz CT molecular complexity index is 382. The molecule has 0 aliphatic heterocycles. The summed E-state index contributed by atoms with van der Waals surface area (Å²) in [6.07, 6.45) is 7.63. The van der Waals surface area contributed by atoms with Crippen LogP contribution >= 0.6 is 0 Å². The molecule has 2 N–H and O–H groups in total. The van der Waals surface area contributed by atoms with Crippen LogP contribution in [-0.2, 0) is 6.54 Å². The molecule has 1 heterocycles. The summed E-state index contributed by atoms with van der Waals surface area (Å²) in [6, 6.07) is 0.874. The first-order valence-electron chi connectivity index (χ1n) is 8.55. The van der Waals surface area contributed by atoms with E-state index in [-0.39, 0.29) is 6.04 Å². The molecular weight excluding hydrogens is 260 g/mol. The lowest BCUT2D eigenvalue weighted by atomic mass is 10.0. The minimum absolute atomic E-state index is 0.280. The van der Waals surface area contributed by atoms with Crippen molar-refractivity contribution in [1.82, 2.24) is 14.7 Å². The first-order chi connectivity index (χ1) is 10.1. The van der Waals surface area contributed by atoms with Crippen molar-refractivity contribution in [2.75, 3.05) is 13.1 Å². The van der Waals surface area contributed by atoms with Crippen molar-refractivity contribution in [2.24, 2.45) is 11.7 Å². The molecule has 0 spiro atoms. The number of nitrogens with two attached hydrogens (primary N) is 1. The lowest BCUT2D eigenvalue weighted by molar-refractivity contribution is 0.112. The van der Waals surface area contributed by atoms with Gasteiger partial charge in [-0.3, -0.25) is 9.58 Å². The zero-order chi connectivity index (χ0) is 15.8. The van der Waals surface area contributed by atoms with E-state index in [0.717, 1.165) is 19.5 Å². The highest BCUT2D eigenvalue weighted by Crippen LogP contribution is 2.25. The maximum absolute atomic E-state index is 6.13. The summed E-state index contributed by atoms with van der Waals surface area (Å²) in [5.74, 6) is 0.644. The summed E-state index contributed by atoms with van der Waals surface area (Å²) in [5, 5.41) is 4.48. The predicted molar refractivity (Wildman–Crippen MR) is 90.2 cm³/mol. The van der Waals surface area contributed by atoms with E-state index in [1.165, 1.54) is 18.4 Å². The second kappa shape index (κ2) is 9.21. The van der Waals surface area contributed by atoms with Crippen LogP contribution in [0, 0.1) is 5.92 Å². The van der Waals surface area contributed by atoms with Gasteiger partial charge in [-0.05, 0) is 25.2 Å². The molecule has 0 aliphatic carbocycles. The number of aryl methyl sites for hydroxylation is 1. The molecule has 4 heteroatoms. The molecule has 0 radical (unpaired) electrons. The molecule has 1 aromatic heterocycles. The first-order valence-corrected chi connectivity index (χ1v) is 8.55. The number of hydrogen-bond acceptors (Lipinski definition) is 3. The van der Waals surface area contributed by atoms with Gasteiger partial charge in [-0.15, -0.1) is 0 Å². The summed E-state index contributed by atoms with van der Waals surface area (Å²) >= 11 is 0. The molecule has 1 unspecified atom stereocenters. The summed E-state index contributed by atoms with van der Waals surface area (Å²) in [4.78, 5) is 2.60. The van der Waals surface area contributed by atoms with E-state index >= 15 is 0 Å². The second-order valence-electron chi connectivity index (χ2n) is 6.35. The summed E-state index contributed by atoms with van der Waals surface area (Å²) < 4.78 is 2.04. The van der Waals surface area contributed by atoms with Crippen LogP contribution in [0.3, 0.4) is 0 Å². The van der Waals surface area contributed by atoms with Gasteiger partial charge >= 0.3 is 0 Å². The molecule has 0 saturated carbocycles. The minimum Gasteiger partial charge on any atom is -0.329 e. The fourth-order valence-electron chi connectivity index (χ4n) is 3.08. The van der Waals surface area contributed by atoms with E-state index in [2.05, 4.69) is 50.8 Å². The minimum atomic E-state index is 0.280. The highest BCUT2D eigenvalue weighted by molar-refractivity contribution is 5.12. The van der Waals surface area contributed by atoms with Crippen molar-refractivity contribution in [3.63, 3.8) is 0 Å². The molecule has 0 bridgehead atoms. The fraction of sp³-hybridized carbons (Fsp3) is 0.824. The molecule has 21 heavy (non-hydrogen) atoms. The zero-order valence-electron chi connectivity index (χ0n) is 14.5. The quantitative estimate of drug-likeness (QED) is 0.719. The molecule has 0 fully saturated rings. The van der Waals surface area contributed by atoms with Gasteiger partial charge in [0.05, 0.1) is 12.2 Å². The van der Waals surface area contributed by atoms with Crippen LogP contribution in [0.1, 0.15) is 65.5 Å². The fourth-order valence-corrected chi connectivity index (χ4v) is 3.08. The molecule has 1 rings (SSSR count). The highest BCUT2D eigenvalue weighted by Gasteiger charge is 2.26. The Kier molecular flexibility index (Phi) is 7.97. The van der Waals surface area contributed by atoms with Crippen molar-refractivity contribution < 1.29 is 0 Å². The van der Waals surface area contributed by atoms with E-state index in [1.807, 2.05) is 10.9 Å². The van der Waals surface area contributed by atoms with Crippen LogP contribution in [0.5, 0.6) is 0 Å². The molecule has 0 amide bonds. The number of aromatic nitrogens is 2. The SMILES string of the molecule is CCCn1cc(C(CN)N(CC(C)C)C(CC)CC)cn1. The lowest BCUT2D eigenvalue weighted by Gasteiger charge is -2.38. The maximum Gasteiger partial charge on any atom is 0.0538 e. The van der Waals surface area contributed by atoms with Gasteiger partial charge in [-0.2, -0.15) is 5.10 Å². The molecule has 1 atom stereocenters. The largest absolute Gasteiger partial charge is 0.329 e. The molecule has 122 valence electrons. The topological polar surface area (TPSA) is 47.1 Å². The van der Waals surface area contributed by atoms with Crippen LogP contribution in [0.4, 0.5) is 0 Å². The Balaban J connectivity index is 2.98. The van der Waals surface area contributed by atoms with Gasteiger partial charge < -0.3 is 5.73 Å². The van der Waals surface area contributed by atoms with E-state index in [1.54, 1.807) is 0 Å². The molecule has 0 saturated heterocycles. The van der Waals surface area contributed by atoms with Gasteiger partial charge in [0, 0.05) is 37.4 Å². The van der Waals surface area contributed by atoms with Crippen LogP contribution in [-0.4, -0.2) is 33.8 Å². The van der Waals surface area contributed by atoms with Crippen molar-refractivity contribution in [1.29, 1.82) is 0 Å². The van der Waals surface area contributed by atoms with Crippen LogP contribution < -0.4 is 5.73 Å². The predicted octanol–water partition coefficient (Wildman–Crippen LogP) is 3.44. The van der Waals surface area contributed by atoms with Crippen LogP contribution in [0.15, 0.2) is 12.4 Å². The van der Waals surface area contributed by atoms with Crippen LogP contribution in [0.25, 0.3) is 0 Å². The van der Waals surface area contributed by atoms with E-state index in [9.17, 15) is 0 Å². The van der Waals surface area contributed by atoms with Crippen molar-refractivity contribution in [3.8, 4) is 0 Å². The van der Waals surface area contributed by atoms with E-state index < -0.39 is 0 Å². The van der Waals surface area contributed by atoms with Gasteiger partial charge in [0.15, 0.2) is 0 Å².